The van der Waals surface area contributed by atoms with Crippen LogP contribution in [0.1, 0.15) is 29.7 Å². The molecule has 3 heterocycles. The van der Waals surface area contributed by atoms with Crippen molar-refractivity contribution >= 4 is 17.6 Å². The van der Waals surface area contributed by atoms with Crippen LogP contribution in [-0.2, 0) is 11.2 Å². The molecule has 134 valence electrons. The summed E-state index contributed by atoms with van der Waals surface area (Å²) in [6, 6.07) is 10.3. The smallest absolute Gasteiger partial charge is 0.306 e. The summed E-state index contributed by atoms with van der Waals surface area (Å²) in [4.78, 5) is 22.4. The molecule has 0 saturated carbocycles. The van der Waals surface area contributed by atoms with Crippen molar-refractivity contribution in [2.75, 3.05) is 18.0 Å². The zero-order valence-electron chi connectivity index (χ0n) is 14.7. The average Bonchev–Trinajstić information content (AvgIpc) is 3.11. The van der Waals surface area contributed by atoms with Crippen LogP contribution in [0.2, 0.25) is 0 Å². The Kier molecular flexibility index (Phi) is 4.28. The average molecular weight is 351 g/mol. The Morgan fingerprint density at radius 1 is 1.23 bits per heavy atom. The number of carbonyl (C=O) groups is 1. The molecule has 0 spiro atoms. The lowest BCUT2D eigenvalue weighted by Crippen LogP contribution is -2.38. The highest BCUT2D eigenvalue weighted by atomic mass is 16.4. The quantitative estimate of drug-likeness (QED) is 0.777. The first-order chi connectivity index (χ1) is 12.6. The maximum absolute atomic E-state index is 11.3. The Hall–Kier alpha value is -2.96. The lowest BCUT2D eigenvalue weighted by Gasteiger charge is -2.33. The molecule has 1 aliphatic rings. The molecule has 1 aliphatic heterocycles. The summed E-state index contributed by atoms with van der Waals surface area (Å²) in [6.07, 6.45) is 3.54. The molecule has 7 heteroatoms. The van der Waals surface area contributed by atoms with Gasteiger partial charge in [0.25, 0.3) is 5.78 Å². The summed E-state index contributed by atoms with van der Waals surface area (Å²) in [5.41, 5.74) is 3.26. The predicted octanol–water partition coefficient (Wildman–Crippen LogP) is 2.32. The van der Waals surface area contributed by atoms with Gasteiger partial charge in [0.05, 0.1) is 5.92 Å². The number of aryl methyl sites for hydroxylation is 1. The van der Waals surface area contributed by atoms with E-state index in [1.54, 1.807) is 4.52 Å². The normalized spacial score (nSPS) is 15.5. The molecule has 1 aromatic carbocycles. The van der Waals surface area contributed by atoms with Crippen LogP contribution in [-0.4, -0.2) is 43.7 Å². The summed E-state index contributed by atoms with van der Waals surface area (Å²) < 4.78 is 1.78. The van der Waals surface area contributed by atoms with Crippen molar-refractivity contribution in [2.24, 2.45) is 5.92 Å². The summed E-state index contributed by atoms with van der Waals surface area (Å²) in [5.74, 6) is 0.594. The zero-order valence-corrected chi connectivity index (χ0v) is 14.7. The third-order valence-corrected chi connectivity index (χ3v) is 5.07. The number of aliphatic carboxylic acids is 1. The van der Waals surface area contributed by atoms with E-state index in [9.17, 15) is 9.90 Å². The molecular weight excluding hydrogens is 330 g/mol. The molecular formula is C19H21N5O2. The fraction of sp³-hybridized carbons (Fsp3) is 0.368. The molecule has 1 saturated heterocycles. The third-order valence-electron chi connectivity index (χ3n) is 5.07. The molecule has 0 bridgehead atoms. The predicted molar refractivity (Wildman–Crippen MR) is 97.3 cm³/mol. The van der Waals surface area contributed by atoms with Crippen LogP contribution in [0.3, 0.4) is 0 Å². The van der Waals surface area contributed by atoms with Crippen molar-refractivity contribution in [3.8, 4) is 0 Å². The highest BCUT2D eigenvalue weighted by Crippen LogP contribution is 2.29. The third kappa shape index (κ3) is 3.00. The molecule has 0 atom stereocenters. The first-order valence-electron chi connectivity index (χ1n) is 8.84. The SMILES string of the molecule is Cc1nc2ncnn2c(N2CCC(C(=O)O)CC2)c1Cc1ccccc1. The first-order valence-corrected chi connectivity index (χ1v) is 8.84. The lowest BCUT2D eigenvalue weighted by molar-refractivity contribution is -0.142. The number of carboxylic acids is 1. The number of carboxylic acid groups (broad SMARTS) is 1. The van der Waals surface area contributed by atoms with Gasteiger partial charge in [0.2, 0.25) is 0 Å². The van der Waals surface area contributed by atoms with Gasteiger partial charge in [0.1, 0.15) is 12.1 Å². The second-order valence-electron chi connectivity index (χ2n) is 6.73. The summed E-state index contributed by atoms with van der Waals surface area (Å²) in [6.45, 7) is 3.38. The molecule has 3 aromatic rings. The van der Waals surface area contributed by atoms with Crippen LogP contribution in [0.4, 0.5) is 5.82 Å². The van der Waals surface area contributed by atoms with E-state index in [1.807, 2.05) is 25.1 Å². The van der Waals surface area contributed by atoms with Crippen LogP contribution >= 0.6 is 0 Å². The summed E-state index contributed by atoms with van der Waals surface area (Å²) >= 11 is 0. The summed E-state index contributed by atoms with van der Waals surface area (Å²) in [7, 11) is 0. The Morgan fingerprint density at radius 2 is 1.96 bits per heavy atom. The highest BCUT2D eigenvalue weighted by Gasteiger charge is 2.28. The van der Waals surface area contributed by atoms with E-state index in [2.05, 4.69) is 32.1 Å². The van der Waals surface area contributed by atoms with Crippen LogP contribution < -0.4 is 4.90 Å². The van der Waals surface area contributed by atoms with Crippen LogP contribution in [0, 0.1) is 12.8 Å². The first kappa shape index (κ1) is 16.5. The topological polar surface area (TPSA) is 83.6 Å². The maximum atomic E-state index is 11.3. The van der Waals surface area contributed by atoms with Crippen LogP contribution in [0.25, 0.3) is 5.78 Å². The van der Waals surface area contributed by atoms with E-state index in [1.165, 1.54) is 11.9 Å². The minimum absolute atomic E-state index is 0.266. The van der Waals surface area contributed by atoms with Crippen LogP contribution in [0.15, 0.2) is 36.7 Å². The molecule has 26 heavy (non-hydrogen) atoms. The number of benzene rings is 1. The second kappa shape index (κ2) is 6.74. The maximum Gasteiger partial charge on any atom is 0.306 e. The Bertz CT molecular complexity index is 930. The van der Waals surface area contributed by atoms with Gasteiger partial charge in [0, 0.05) is 30.8 Å². The fourth-order valence-corrected chi connectivity index (χ4v) is 3.64. The van der Waals surface area contributed by atoms with Gasteiger partial charge in [0.15, 0.2) is 0 Å². The number of anilines is 1. The van der Waals surface area contributed by atoms with Crippen molar-refractivity contribution in [3.05, 3.63) is 53.5 Å². The van der Waals surface area contributed by atoms with Gasteiger partial charge in [-0.25, -0.2) is 4.98 Å². The van der Waals surface area contributed by atoms with Crippen molar-refractivity contribution < 1.29 is 9.90 Å². The number of piperidine rings is 1. The van der Waals surface area contributed by atoms with E-state index in [0.717, 1.165) is 23.5 Å². The van der Waals surface area contributed by atoms with Gasteiger partial charge in [-0.2, -0.15) is 14.6 Å². The lowest BCUT2D eigenvalue weighted by atomic mass is 9.96. The minimum Gasteiger partial charge on any atom is -0.481 e. The zero-order chi connectivity index (χ0) is 18.1. The molecule has 1 N–H and O–H groups in total. The second-order valence-corrected chi connectivity index (χ2v) is 6.73. The number of nitrogens with zero attached hydrogens (tertiary/aromatic N) is 5. The van der Waals surface area contributed by atoms with Crippen molar-refractivity contribution in [1.82, 2.24) is 19.6 Å². The molecule has 2 aromatic heterocycles. The molecule has 0 aliphatic carbocycles. The number of rotatable bonds is 4. The molecule has 4 rings (SSSR count). The van der Waals surface area contributed by atoms with E-state index < -0.39 is 5.97 Å². The molecule has 0 amide bonds. The molecule has 1 fully saturated rings. The van der Waals surface area contributed by atoms with Gasteiger partial charge < -0.3 is 10.0 Å². The Morgan fingerprint density at radius 3 is 2.65 bits per heavy atom. The number of hydrogen-bond donors (Lipinski definition) is 1. The molecule has 0 radical (unpaired) electrons. The van der Waals surface area contributed by atoms with Gasteiger partial charge >= 0.3 is 5.97 Å². The largest absolute Gasteiger partial charge is 0.481 e. The van der Waals surface area contributed by atoms with E-state index >= 15 is 0 Å². The van der Waals surface area contributed by atoms with E-state index in [-0.39, 0.29) is 5.92 Å². The van der Waals surface area contributed by atoms with Gasteiger partial charge in [-0.1, -0.05) is 30.3 Å². The standard InChI is InChI=1S/C19H21N5O2/c1-13-16(11-14-5-3-2-4-6-14)17(24-19(22-13)20-12-21-24)23-9-7-15(8-10-23)18(25)26/h2-6,12,15H,7-11H2,1H3,(H,25,26). The van der Waals surface area contributed by atoms with Crippen molar-refractivity contribution in [2.45, 2.75) is 26.2 Å². The van der Waals surface area contributed by atoms with Crippen molar-refractivity contribution in [1.29, 1.82) is 0 Å². The van der Waals surface area contributed by atoms with E-state index in [4.69, 9.17) is 0 Å². The Balaban J connectivity index is 1.75. The molecule has 7 nitrogen and oxygen atoms in total. The number of fused-ring (bicyclic) bond motifs is 1. The summed E-state index contributed by atoms with van der Waals surface area (Å²) in [5, 5.41) is 13.6. The van der Waals surface area contributed by atoms with Crippen LogP contribution in [0.5, 0.6) is 0 Å². The highest BCUT2D eigenvalue weighted by molar-refractivity contribution is 5.70. The minimum atomic E-state index is -0.703. The van der Waals surface area contributed by atoms with Gasteiger partial charge in [-0.05, 0) is 25.3 Å². The van der Waals surface area contributed by atoms with Crippen molar-refractivity contribution in [3.63, 3.8) is 0 Å². The monoisotopic (exact) mass is 351 g/mol. The Labute approximate surface area is 151 Å². The number of aromatic nitrogens is 4. The fourth-order valence-electron chi connectivity index (χ4n) is 3.64. The molecule has 0 unspecified atom stereocenters. The van der Waals surface area contributed by atoms with Gasteiger partial charge in [-0.3, -0.25) is 4.79 Å². The van der Waals surface area contributed by atoms with Gasteiger partial charge in [-0.15, -0.1) is 0 Å². The van der Waals surface area contributed by atoms with E-state index in [0.29, 0.717) is 31.7 Å². The number of hydrogen-bond acceptors (Lipinski definition) is 5.